The Kier molecular flexibility index (Phi) is 2.12. The van der Waals surface area contributed by atoms with Crippen molar-refractivity contribution in [1.29, 1.82) is 0 Å². The molecule has 6 heteroatoms. The Morgan fingerprint density at radius 1 is 1.75 bits per heavy atom. The van der Waals surface area contributed by atoms with Crippen LogP contribution >= 0.6 is 0 Å². The summed E-state index contributed by atoms with van der Waals surface area (Å²) in [5, 5.41) is 0. The van der Waals surface area contributed by atoms with Crippen molar-refractivity contribution in [1.82, 2.24) is 0 Å². The van der Waals surface area contributed by atoms with E-state index in [-0.39, 0.29) is 5.92 Å². The van der Waals surface area contributed by atoms with E-state index in [1.165, 1.54) is 6.08 Å². The lowest BCUT2D eigenvalue weighted by molar-refractivity contribution is -0.119. The second kappa shape index (κ2) is 2.80. The van der Waals surface area contributed by atoms with E-state index in [9.17, 15) is 13.2 Å². The summed E-state index contributed by atoms with van der Waals surface area (Å²) in [5.41, 5.74) is 4.40. The molecule has 2 atom stereocenters. The second-order valence-electron chi connectivity index (χ2n) is 2.70. The van der Waals surface area contributed by atoms with Crippen molar-refractivity contribution in [3.63, 3.8) is 0 Å². The van der Waals surface area contributed by atoms with Gasteiger partial charge in [0.2, 0.25) is 0 Å². The number of nitrogens with two attached hydrogens (primary N) is 1. The lowest BCUT2D eigenvalue weighted by Gasteiger charge is -2.00. The zero-order valence-electron chi connectivity index (χ0n) is 6.23. The van der Waals surface area contributed by atoms with E-state index in [0.29, 0.717) is 6.42 Å². The van der Waals surface area contributed by atoms with Gasteiger partial charge in [-0.25, -0.2) is 0 Å². The zero-order chi connectivity index (χ0) is 9.35. The highest BCUT2D eigenvalue weighted by molar-refractivity contribution is 7.62. The average molecular weight is 188 g/mol. The van der Waals surface area contributed by atoms with Crippen LogP contribution in [0.15, 0.2) is 17.0 Å². The number of hydrogen-bond acceptors (Lipinski definition) is 4. The summed E-state index contributed by atoms with van der Waals surface area (Å²) in [6.07, 6.45) is 1.96. The predicted octanol–water partition coefficient (Wildman–Crippen LogP) is -0.521. The van der Waals surface area contributed by atoms with Crippen molar-refractivity contribution in [3.8, 4) is 0 Å². The van der Waals surface area contributed by atoms with E-state index in [2.05, 4.69) is 10.9 Å². The van der Waals surface area contributed by atoms with Crippen molar-refractivity contribution < 1.29 is 13.2 Å². The zero-order valence-corrected chi connectivity index (χ0v) is 7.04. The summed E-state index contributed by atoms with van der Waals surface area (Å²) in [6, 6.07) is 0. The van der Waals surface area contributed by atoms with Gasteiger partial charge in [-0.2, -0.15) is 8.42 Å². The minimum Gasteiger partial charge on any atom is -0.317 e. The minimum atomic E-state index is -2.71. The number of nitrogens with zero attached hydrogens (tertiary/aromatic N) is 1. The molecule has 0 radical (unpaired) electrons. The second-order valence-corrected chi connectivity index (χ2v) is 3.32. The molecular formula is C6H8N2O3S. The van der Waals surface area contributed by atoms with Gasteiger partial charge in [0.15, 0.2) is 0 Å². The van der Waals surface area contributed by atoms with Crippen molar-refractivity contribution >= 4 is 16.4 Å². The number of rotatable bonds is 2. The van der Waals surface area contributed by atoms with E-state index >= 15 is 0 Å². The summed E-state index contributed by atoms with van der Waals surface area (Å²) < 4.78 is 22.8. The third-order valence-corrected chi connectivity index (χ3v) is 2.21. The molecule has 12 heavy (non-hydrogen) atoms. The van der Waals surface area contributed by atoms with Crippen molar-refractivity contribution in [2.24, 2.45) is 16.0 Å². The first kappa shape index (κ1) is 9.08. The summed E-state index contributed by atoms with van der Waals surface area (Å²) >= 11 is 0. The van der Waals surface area contributed by atoms with Crippen LogP contribution in [0.4, 0.5) is 0 Å². The third-order valence-electron chi connectivity index (χ3n) is 1.90. The van der Waals surface area contributed by atoms with Crippen LogP contribution < -0.4 is 5.73 Å². The Bertz CT molecular complexity index is 351. The molecule has 1 fully saturated rings. The molecule has 0 spiro atoms. The number of hydrogen-bond donors (Lipinski definition) is 1. The fourth-order valence-electron chi connectivity index (χ4n) is 0.997. The lowest BCUT2D eigenvalue weighted by Crippen LogP contribution is -2.33. The first-order chi connectivity index (χ1) is 5.50. The van der Waals surface area contributed by atoms with Crippen LogP contribution in [-0.4, -0.2) is 19.9 Å². The van der Waals surface area contributed by atoms with E-state index in [1.807, 2.05) is 0 Å². The van der Waals surface area contributed by atoms with E-state index in [4.69, 9.17) is 5.73 Å². The van der Waals surface area contributed by atoms with Crippen LogP contribution in [0.5, 0.6) is 0 Å². The number of carbonyl (C=O) groups is 1. The molecule has 2 N–H and O–H groups in total. The van der Waals surface area contributed by atoms with Gasteiger partial charge < -0.3 is 5.73 Å². The number of carbonyl (C=O) groups excluding carboxylic acids is 1. The molecule has 0 aliphatic heterocycles. The fourth-order valence-corrected chi connectivity index (χ4v) is 1.30. The molecule has 0 aromatic heterocycles. The highest BCUT2D eigenvalue weighted by Gasteiger charge is 2.55. The first-order valence-electron chi connectivity index (χ1n) is 3.27. The highest BCUT2D eigenvalue weighted by Crippen LogP contribution is 2.42. The van der Waals surface area contributed by atoms with E-state index < -0.39 is 21.9 Å². The Hall–Kier alpha value is -1.01. The Balaban J connectivity index is 2.81. The summed E-state index contributed by atoms with van der Waals surface area (Å²) in [5.74, 6) is -0.932. The SMILES string of the molecule is C=C[C@@H]1C[C@]1(N)C(=O)N=S(=O)=O. The van der Waals surface area contributed by atoms with E-state index in [1.54, 1.807) is 0 Å². The maximum atomic E-state index is 11.0. The third kappa shape index (κ3) is 1.44. The Morgan fingerprint density at radius 3 is 2.67 bits per heavy atom. The van der Waals surface area contributed by atoms with Gasteiger partial charge in [-0.1, -0.05) is 10.4 Å². The maximum Gasteiger partial charge on any atom is 0.319 e. The molecule has 0 saturated heterocycles. The Labute approximate surface area is 71.0 Å². The molecule has 0 aromatic carbocycles. The predicted molar refractivity (Wildman–Crippen MR) is 41.6 cm³/mol. The van der Waals surface area contributed by atoms with Gasteiger partial charge in [-0.15, -0.1) is 6.58 Å². The molecule has 1 aliphatic carbocycles. The standard InChI is InChI=1S/C6H8N2O3S/c1-2-4-3-6(4,7)5(9)8-12(10)11/h2,4H,1,3,7H2/t4-,6-/m1/s1. The molecule has 1 rings (SSSR count). The molecule has 5 nitrogen and oxygen atoms in total. The Morgan fingerprint density at radius 2 is 2.33 bits per heavy atom. The topological polar surface area (TPSA) is 89.6 Å². The van der Waals surface area contributed by atoms with Gasteiger partial charge in [0.05, 0.1) is 0 Å². The molecule has 0 unspecified atom stereocenters. The molecule has 1 saturated carbocycles. The van der Waals surface area contributed by atoms with Gasteiger partial charge >= 0.3 is 10.5 Å². The fraction of sp³-hybridized carbons (Fsp3) is 0.500. The van der Waals surface area contributed by atoms with Crippen LogP contribution in [0.25, 0.3) is 0 Å². The lowest BCUT2D eigenvalue weighted by atomic mass is 10.2. The smallest absolute Gasteiger partial charge is 0.317 e. The highest BCUT2D eigenvalue weighted by atomic mass is 32.2. The van der Waals surface area contributed by atoms with Crippen molar-refractivity contribution in [2.75, 3.05) is 0 Å². The quantitative estimate of drug-likeness (QED) is 0.590. The normalized spacial score (nSPS) is 32.2. The average Bonchev–Trinajstić information content (AvgIpc) is 2.62. The maximum absolute atomic E-state index is 11.0. The van der Waals surface area contributed by atoms with Gasteiger partial charge in [-0.05, 0) is 6.42 Å². The molecular weight excluding hydrogens is 180 g/mol. The van der Waals surface area contributed by atoms with Crippen molar-refractivity contribution in [2.45, 2.75) is 12.0 Å². The van der Waals surface area contributed by atoms with Crippen molar-refractivity contribution in [3.05, 3.63) is 12.7 Å². The van der Waals surface area contributed by atoms with Crippen LogP contribution in [0.1, 0.15) is 6.42 Å². The molecule has 1 aliphatic rings. The summed E-state index contributed by atoms with van der Waals surface area (Å²) in [7, 11) is -2.71. The van der Waals surface area contributed by atoms with Crippen LogP contribution in [-0.2, 0) is 15.3 Å². The van der Waals surface area contributed by atoms with Crippen LogP contribution in [0.3, 0.4) is 0 Å². The summed E-state index contributed by atoms with van der Waals surface area (Å²) in [6.45, 7) is 3.45. The van der Waals surface area contributed by atoms with Crippen LogP contribution in [0, 0.1) is 5.92 Å². The molecule has 66 valence electrons. The number of amides is 1. The molecule has 0 aromatic rings. The first-order valence-corrected chi connectivity index (χ1v) is 4.31. The molecule has 0 bridgehead atoms. The van der Waals surface area contributed by atoms with Gasteiger partial charge in [0, 0.05) is 5.92 Å². The van der Waals surface area contributed by atoms with Gasteiger partial charge in [0.25, 0.3) is 5.91 Å². The summed E-state index contributed by atoms with van der Waals surface area (Å²) in [4.78, 5) is 11.0. The monoisotopic (exact) mass is 188 g/mol. The van der Waals surface area contributed by atoms with E-state index in [0.717, 1.165) is 0 Å². The van der Waals surface area contributed by atoms with Gasteiger partial charge in [-0.3, -0.25) is 4.79 Å². The van der Waals surface area contributed by atoms with Crippen LogP contribution in [0.2, 0.25) is 0 Å². The molecule has 1 amide bonds. The van der Waals surface area contributed by atoms with Gasteiger partial charge in [0.1, 0.15) is 5.54 Å². The largest absolute Gasteiger partial charge is 0.319 e. The minimum absolute atomic E-state index is 0.141. The molecule has 0 heterocycles.